The third-order valence-electron chi connectivity index (χ3n) is 6.77. The van der Waals surface area contributed by atoms with E-state index in [9.17, 15) is 0 Å². The highest BCUT2D eigenvalue weighted by Crippen LogP contribution is 2.34. The summed E-state index contributed by atoms with van der Waals surface area (Å²) in [5.74, 6) is 1.22. The molecular weight excluding hydrogens is 514 g/mol. The molecule has 0 unspecified atom stereocenters. The Morgan fingerprint density at radius 3 is 1.80 bits per heavy atom. The van der Waals surface area contributed by atoms with Crippen molar-refractivity contribution in [3.05, 3.63) is 117 Å². The first-order valence-electron chi connectivity index (χ1n) is 12.8. The molecule has 41 heavy (non-hydrogen) atoms. The molecule has 1 aromatic carbocycles. The first kappa shape index (κ1) is 22.8. The Bertz CT molecular complexity index is 1990. The summed E-state index contributed by atoms with van der Waals surface area (Å²) >= 11 is 0. The molecule has 0 atom stereocenters. The molecule has 0 saturated heterocycles. The van der Waals surface area contributed by atoms with Crippen LogP contribution in [0.4, 0.5) is 0 Å². The van der Waals surface area contributed by atoms with Crippen LogP contribution in [0, 0.1) is 0 Å². The fourth-order valence-electron chi connectivity index (χ4n) is 4.87. The van der Waals surface area contributed by atoms with Crippen LogP contribution in [0.3, 0.4) is 0 Å². The summed E-state index contributed by atoms with van der Waals surface area (Å²) in [5, 5.41) is 1.97. The molecule has 8 aromatic rings. The van der Waals surface area contributed by atoms with Crippen molar-refractivity contribution in [2.24, 2.45) is 0 Å². The number of aromatic nitrogens is 11. The number of rotatable bonds is 5. The first-order valence-corrected chi connectivity index (χ1v) is 12.8. The van der Waals surface area contributed by atoms with E-state index >= 15 is 0 Å². The maximum atomic E-state index is 5.09. The zero-order chi connectivity index (χ0) is 27.2. The Kier molecular flexibility index (Phi) is 5.17. The van der Waals surface area contributed by atoms with Gasteiger partial charge in [0.05, 0.1) is 22.6 Å². The lowest BCUT2D eigenvalue weighted by Gasteiger charge is -2.11. The van der Waals surface area contributed by atoms with Gasteiger partial charge in [-0.05, 0) is 42.5 Å². The smallest absolute Gasteiger partial charge is 0.242 e. The van der Waals surface area contributed by atoms with Crippen molar-refractivity contribution in [3.8, 4) is 40.5 Å². The van der Waals surface area contributed by atoms with Gasteiger partial charge in [-0.2, -0.15) is 15.0 Å². The van der Waals surface area contributed by atoms with Gasteiger partial charge in [-0.15, -0.1) is 0 Å². The molecule has 0 aliphatic rings. The molecule has 0 N–H and O–H groups in total. The molecule has 194 valence electrons. The summed E-state index contributed by atoms with van der Waals surface area (Å²) in [6.07, 6.45) is 13.8. The van der Waals surface area contributed by atoms with Crippen molar-refractivity contribution in [1.82, 2.24) is 53.6 Å². The summed E-state index contributed by atoms with van der Waals surface area (Å²) in [6.45, 7) is 0. The number of pyridine rings is 3. The van der Waals surface area contributed by atoms with Crippen LogP contribution in [0.15, 0.2) is 117 Å². The van der Waals surface area contributed by atoms with Crippen LogP contribution >= 0.6 is 0 Å². The van der Waals surface area contributed by atoms with Crippen LogP contribution in [0.1, 0.15) is 0 Å². The van der Waals surface area contributed by atoms with E-state index in [2.05, 4.69) is 49.2 Å². The molecule has 0 bridgehead atoms. The minimum absolute atomic E-state index is 0.399. The van der Waals surface area contributed by atoms with Gasteiger partial charge in [-0.3, -0.25) is 23.7 Å². The number of fused-ring (bicyclic) bond motifs is 3. The fourth-order valence-corrected chi connectivity index (χ4v) is 4.87. The van der Waals surface area contributed by atoms with Crippen LogP contribution in [-0.4, -0.2) is 53.6 Å². The Labute approximate surface area is 232 Å². The van der Waals surface area contributed by atoms with E-state index in [1.54, 1.807) is 59.0 Å². The maximum absolute atomic E-state index is 5.09. The molecule has 11 heteroatoms. The molecule has 11 nitrogen and oxygen atoms in total. The SMILES string of the molecule is c1ccc(-c2ccc3c4ccc(-c5ccccn5)nc4n(-c4nc(-n5ccnc5)nc(-n5ccnc5)n4)c3c2)nc1. The van der Waals surface area contributed by atoms with Crippen molar-refractivity contribution in [2.45, 2.75) is 0 Å². The van der Waals surface area contributed by atoms with E-state index in [1.165, 1.54) is 0 Å². The molecule has 7 heterocycles. The minimum Gasteiger partial charge on any atom is -0.274 e. The predicted octanol–water partition coefficient (Wildman–Crippen LogP) is 4.86. The lowest BCUT2D eigenvalue weighted by molar-refractivity contribution is 0.809. The van der Waals surface area contributed by atoms with Crippen LogP contribution in [-0.2, 0) is 0 Å². The monoisotopic (exact) mass is 533 g/mol. The number of nitrogens with zero attached hydrogens (tertiary/aromatic N) is 11. The Hall–Kier alpha value is -6.10. The third kappa shape index (κ3) is 3.91. The summed E-state index contributed by atoms with van der Waals surface area (Å²) in [6, 6.07) is 22.0. The number of benzene rings is 1. The molecule has 0 saturated carbocycles. The summed E-state index contributed by atoms with van der Waals surface area (Å²) in [5.41, 5.74) is 4.92. The highest BCUT2D eigenvalue weighted by molar-refractivity contribution is 6.09. The van der Waals surface area contributed by atoms with Gasteiger partial charge < -0.3 is 0 Å². The van der Waals surface area contributed by atoms with E-state index in [4.69, 9.17) is 15.0 Å². The van der Waals surface area contributed by atoms with Crippen molar-refractivity contribution in [3.63, 3.8) is 0 Å². The normalized spacial score (nSPS) is 11.4. The van der Waals surface area contributed by atoms with Gasteiger partial charge in [0.1, 0.15) is 18.3 Å². The zero-order valence-electron chi connectivity index (χ0n) is 21.4. The zero-order valence-corrected chi connectivity index (χ0v) is 21.4. The maximum Gasteiger partial charge on any atom is 0.242 e. The van der Waals surface area contributed by atoms with Crippen molar-refractivity contribution in [2.75, 3.05) is 0 Å². The predicted molar refractivity (Wildman–Crippen MR) is 153 cm³/mol. The topological polar surface area (TPSA) is 118 Å². The molecular formula is C30H19N11. The van der Waals surface area contributed by atoms with Crippen molar-refractivity contribution in [1.29, 1.82) is 0 Å². The van der Waals surface area contributed by atoms with E-state index < -0.39 is 0 Å². The van der Waals surface area contributed by atoms with Crippen LogP contribution in [0.25, 0.3) is 62.4 Å². The van der Waals surface area contributed by atoms with Gasteiger partial charge in [0.25, 0.3) is 0 Å². The second-order valence-electron chi connectivity index (χ2n) is 9.24. The lowest BCUT2D eigenvalue weighted by Crippen LogP contribution is -2.12. The van der Waals surface area contributed by atoms with Crippen LogP contribution < -0.4 is 0 Å². The average Bonchev–Trinajstić information content (AvgIpc) is 3.82. The lowest BCUT2D eigenvalue weighted by atomic mass is 10.1. The second kappa shape index (κ2) is 9.27. The highest BCUT2D eigenvalue weighted by atomic mass is 15.3. The largest absolute Gasteiger partial charge is 0.274 e. The Morgan fingerprint density at radius 1 is 0.512 bits per heavy atom. The molecule has 0 amide bonds. The number of imidazole rings is 2. The highest BCUT2D eigenvalue weighted by Gasteiger charge is 2.20. The number of hydrogen-bond acceptors (Lipinski definition) is 8. The number of hydrogen-bond donors (Lipinski definition) is 0. The Balaban J connectivity index is 1.46. The van der Waals surface area contributed by atoms with Crippen molar-refractivity contribution >= 4 is 21.9 Å². The summed E-state index contributed by atoms with van der Waals surface area (Å²) < 4.78 is 5.45. The van der Waals surface area contributed by atoms with Gasteiger partial charge in [-0.25, -0.2) is 15.0 Å². The van der Waals surface area contributed by atoms with E-state index in [0.717, 1.165) is 38.9 Å². The molecule has 0 aliphatic heterocycles. The molecule has 0 aliphatic carbocycles. The molecule has 7 aromatic heterocycles. The summed E-state index contributed by atoms with van der Waals surface area (Å²) in [4.78, 5) is 37.0. The average molecular weight is 534 g/mol. The van der Waals surface area contributed by atoms with Gasteiger partial charge in [0.2, 0.25) is 17.8 Å². The second-order valence-corrected chi connectivity index (χ2v) is 9.24. The first-order chi connectivity index (χ1) is 20.3. The van der Waals surface area contributed by atoms with Crippen LogP contribution in [0.5, 0.6) is 0 Å². The van der Waals surface area contributed by atoms with Crippen LogP contribution in [0.2, 0.25) is 0 Å². The van der Waals surface area contributed by atoms with Gasteiger partial charge >= 0.3 is 0 Å². The van der Waals surface area contributed by atoms with E-state index in [-0.39, 0.29) is 0 Å². The summed E-state index contributed by atoms with van der Waals surface area (Å²) in [7, 11) is 0. The van der Waals surface area contributed by atoms with Gasteiger partial charge in [0, 0.05) is 53.5 Å². The Morgan fingerprint density at radius 2 is 1.17 bits per heavy atom. The van der Waals surface area contributed by atoms with Gasteiger partial charge in [0.15, 0.2) is 0 Å². The third-order valence-corrected chi connectivity index (χ3v) is 6.77. The van der Waals surface area contributed by atoms with Gasteiger partial charge in [-0.1, -0.05) is 24.3 Å². The minimum atomic E-state index is 0.399. The van der Waals surface area contributed by atoms with Crippen molar-refractivity contribution < 1.29 is 0 Å². The van der Waals surface area contributed by atoms with E-state index in [1.807, 2.05) is 47.0 Å². The fraction of sp³-hybridized carbons (Fsp3) is 0. The quantitative estimate of drug-likeness (QED) is 0.308. The molecule has 8 rings (SSSR count). The molecule has 0 spiro atoms. The van der Waals surface area contributed by atoms with E-state index in [0.29, 0.717) is 23.5 Å². The molecule has 0 radical (unpaired) electrons. The molecule has 0 fully saturated rings. The standard InChI is InChI=1S/C30H19N11/c1-3-11-33-23(5-1)20-7-8-21-22-9-10-25(24-6-2-4-12-34-24)35-27(22)41(26(21)17-20)30-37-28(39-15-13-31-18-39)36-29(38-30)40-16-14-32-19-40/h1-19H.